The summed E-state index contributed by atoms with van der Waals surface area (Å²) in [5.41, 5.74) is 0.388. The number of nitrogens with zero attached hydrogens (tertiary/aromatic N) is 2. The maximum atomic E-state index is 11.3. The number of fused-ring (bicyclic) bond motifs is 1. The third-order valence-electron chi connectivity index (χ3n) is 1.95. The minimum absolute atomic E-state index is 0.233. The van der Waals surface area contributed by atoms with Gasteiger partial charge in [0.05, 0.1) is 12.1 Å². The van der Waals surface area contributed by atoms with Gasteiger partial charge in [0.1, 0.15) is 5.15 Å². The van der Waals surface area contributed by atoms with E-state index in [2.05, 4.69) is 9.72 Å². The van der Waals surface area contributed by atoms with Gasteiger partial charge in [0.25, 0.3) is 0 Å². The van der Waals surface area contributed by atoms with Crippen molar-refractivity contribution >= 4 is 40.3 Å². The van der Waals surface area contributed by atoms with Crippen LogP contribution in [0.1, 0.15) is 0 Å². The van der Waals surface area contributed by atoms with Gasteiger partial charge in [-0.1, -0.05) is 23.2 Å². The van der Waals surface area contributed by atoms with Crippen molar-refractivity contribution in [2.75, 3.05) is 7.11 Å². The van der Waals surface area contributed by atoms with Gasteiger partial charge < -0.3 is 4.74 Å². The Labute approximate surface area is 95.4 Å². The number of methoxy groups -OCH3 is 1. The second kappa shape index (κ2) is 3.72. The molecule has 0 saturated carbocycles. The smallest absolute Gasteiger partial charge is 0.419 e. The fraction of sp³-hybridized carbons (Fsp3) is 0.111. The number of aromatic nitrogens is 2. The maximum absolute atomic E-state index is 11.3. The summed E-state index contributed by atoms with van der Waals surface area (Å²) < 4.78 is 5.82. The number of ether oxygens (including phenoxy) is 1. The summed E-state index contributed by atoms with van der Waals surface area (Å²) in [7, 11) is 1.29. The lowest BCUT2D eigenvalue weighted by molar-refractivity contribution is 0.174. The molecule has 0 saturated heterocycles. The van der Waals surface area contributed by atoms with Gasteiger partial charge in [-0.25, -0.2) is 14.3 Å². The van der Waals surface area contributed by atoms with Crippen LogP contribution in [0.3, 0.4) is 0 Å². The Morgan fingerprint density at radius 2 is 2.27 bits per heavy atom. The predicted molar refractivity (Wildman–Crippen MR) is 57.6 cm³/mol. The summed E-state index contributed by atoms with van der Waals surface area (Å²) in [6, 6.07) is 3.20. The molecule has 15 heavy (non-hydrogen) atoms. The topological polar surface area (TPSA) is 44.1 Å². The third kappa shape index (κ3) is 1.66. The van der Waals surface area contributed by atoms with E-state index in [1.165, 1.54) is 23.9 Å². The van der Waals surface area contributed by atoms with Gasteiger partial charge in [-0.3, -0.25) is 0 Å². The molecule has 0 fully saturated rings. The third-order valence-corrected chi connectivity index (χ3v) is 2.45. The molecule has 0 amide bonds. The van der Waals surface area contributed by atoms with E-state index in [0.717, 1.165) is 0 Å². The van der Waals surface area contributed by atoms with Crippen LogP contribution in [0.5, 0.6) is 0 Å². The molecule has 78 valence electrons. The van der Waals surface area contributed by atoms with E-state index in [4.69, 9.17) is 23.2 Å². The van der Waals surface area contributed by atoms with Crippen LogP contribution in [-0.2, 0) is 4.74 Å². The van der Waals surface area contributed by atoms with Crippen molar-refractivity contribution < 1.29 is 9.53 Å². The summed E-state index contributed by atoms with van der Waals surface area (Å²) in [5, 5.41) is 1.34. The number of carbonyl (C=O) groups is 1. The highest BCUT2D eigenvalue weighted by Crippen LogP contribution is 2.25. The fourth-order valence-electron chi connectivity index (χ4n) is 1.29. The summed E-state index contributed by atoms with van der Waals surface area (Å²) in [4.78, 5) is 15.3. The number of pyridine rings is 1. The Morgan fingerprint density at radius 3 is 2.93 bits per heavy atom. The SMILES string of the molecule is COC(=O)n1ccc2c(Cl)cc(Cl)nc21. The lowest BCUT2D eigenvalue weighted by atomic mass is 10.3. The molecule has 0 aliphatic carbocycles. The van der Waals surface area contributed by atoms with Crippen molar-refractivity contribution in [1.29, 1.82) is 0 Å². The van der Waals surface area contributed by atoms with Crippen LogP contribution in [0.25, 0.3) is 11.0 Å². The largest absolute Gasteiger partial charge is 0.452 e. The van der Waals surface area contributed by atoms with Crippen LogP contribution in [-0.4, -0.2) is 22.8 Å². The number of carbonyl (C=O) groups excluding carboxylic acids is 1. The first-order chi connectivity index (χ1) is 7.13. The van der Waals surface area contributed by atoms with Crippen LogP contribution in [0.4, 0.5) is 4.79 Å². The molecule has 4 nitrogen and oxygen atoms in total. The molecule has 0 radical (unpaired) electrons. The summed E-state index contributed by atoms with van der Waals surface area (Å²) in [6.45, 7) is 0. The van der Waals surface area contributed by atoms with E-state index in [1.807, 2.05) is 0 Å². The Bertz CT molecular complexity index is 536. The molecule has 0 N–H and O–H groups in total. The highest BCUT2D eigenvalue weighted by atomic mass is 35.5. The van der Waals surface area contributed by atoms with Gasteiger partial charge in [-0.2, -0.15) is 0 Å². The zero-order valence-corrected chi connectivity index (χ0v) is 9.21. The van der Waals surface area contributed by atoms with E-state index in [9.17, 15) is 4.79 Å². The van der Waals surface area contributed by atoms with Crippen LogP contribution in [0, 0.1) is 0 Å². The first kappa shape index (κ1) is 10.3. The molecule has 2 heterocycles. The van der Waals surface area contributed by atoms with Crippen molar-refractivity contribution in [3.05, 3.63) is 28.5 Å². The average Bonchev–Trinajstić information content (AvgIpc) is 2.60. The lowest BCUT2D eigenvalue weighted by Gasteiger charge is -2.01. The predicted octanol–water partition coefficient (Wildman–Crippen LogP) is 2.96. The molecule has 0 atom stereocenters. The number of halogens is 2. The standard InChI is InChI=1S/C9H6Cl2N2O2/c1-15-9(14)13-3-2-5-6(10)4-7(11)12-8(5)13/h2-4H,1H3. The molecular weight excluding hydrogens is 239 g/mol. The Hall–Kier alpha value is -1.26. The molecule has 2 aromatic heterocycles. The zero-order valence-electron chi connectivity index (χ0n) is 7.70. The van der Waals surface area contributed by atoms with Crippen LogP contribution in [0.2, 0.25) is 10.2 Å². The first-order valence-electron chi connectivity index (χ1n) is 4.05. The minimum Gasteiger partial charge on any atom is -0.452 e. The summed E-state index contributed by atoms with van der Waals surface area (Å²) in [5.74, 6) is 0. The zero-order chi connectivity index (χ0) is 11.0. The number of rotatable bonds is 0. The van der Waals surface area contributed by atoms with Crippen molar-refractivity contribution in [3.63, 3.8) is 0 Å². The second-order valence-electron chi connectivity index (χ2n) is 2.82. The second-order valence-corrected chi connectivity index (χ2v) is 3.61. The Balaban J connectivity index is 2.74. The summed E-state index contributed by atoms with van der Waals surface area (Å²) >= 11 is 11.7. The Morgan fingerprint density at radius 1 is 1.53 bits per heavy atom. The van der Waals surface area contributed by atoms with Crippen molar-refractivity contribution in [3.8, 4) is 0 Å². The molecule has 0 bridgehead atoms. The molecule has 0 aliphatic heterocycles. The highest BCUT2D eigenvalue weighted by Gasteiger charge is 2.12. The van der Waals surface area contributed by atoms with Crippen LogP contribution < -0.4 is 0 Å². The quantitative estimate of drug-likeness (QED) is 0.670. The van der Waals surface area contributed by atoms with Crippen LogP contribution in [0.15, 0.2) is 18.3 Å². The van der Waals surface area contributed by atoms with Crippen molar-refractivity contribution in [1.82, 2.24) is 9.55 Å². The van der Waals surface area contributed by atoms with Gasteiger partial charge in [-0.15, -0.1) is 0 Å². The van der Waals surface area contributed by atoms with Gasteiger partial charge >= 0.3 is 6.09 Å². The molecule has 0 unspecified atom stereocenters. The van der Waals surface area contributed by atoms with Gasteiger partial charge in [0, 0.05) is 11.6 Å². The maximum Gasteiger partial charge on any atom is 0.419 e. The molecular formula is C9H6Cl2N2O2. The molecule has 2 aromatic rings. The lowest BCUT2D eigenvalue weighted by Crippen LogP contribution is -2.10. The average molecular weight is 245 g/mol. The van der Waals surface area contributed by atoms with Gasteiger partial charge in [0.2, 0.25) is 0 Å². The molecule has 0 aromatic carbocycles. The van der Waals surface area contributed by atoms with Crippen molar-refractivity contribution in [2.24, 2.45) is 0 Å². The van der Waals surface area contributed by atoms with E-state index in [1.54, 1.807) is 6.07 Å². The first-order valence-corrected chi connectivity index (χ1v) is 4.80. The van der Waals surface area contributed by atoms with E-state index >= 15 is 0 Å². The monoisotopic (exact) mass is 244 g/mol. The normalized spacial score (nSPS) is 10.6. The minimum atomic E-state index is -0.532. The molecule has 2 rings (SSSR count). The number of hydrogen-bond donors (Lipinski definition) is 0. The highest BCUT2D eigenvalue weighted by molar-refractivity contribution is 6.37. The van der Waals surface area contributed by atoms with Gasteiger partial charge in [-0.05, 0) is 12.1 Å². The van der Waals surface area contributed by atoms with Crippen molar-refractivity contribution in [2.45, 2.75) is 0 Å². The Kier molecular flexibility index (Phi) is 2.54. The molecule has 6 heteroatoms. The van der Waals surface area contributed by atoms with E-state index < -0.39 is 6.09 Å². The summed E-state index contributed by atoms with van der Waals surface area (Å²) in [6.07, 6.45) is 1.00. The molecule has 0 aliphatic rings. The van der Waals surface area contributed by atoms with Gasteiger partial charge in [0.15, 0.2) is 5.65 Å². The van der Waals surface area contributed by atoms with E-state index in [0.29, 0.717) is 16.1 Å². The van der Waals surface area contributed by atoms with Crippen LogP contribution >= 0.6 is 23.2 Å². The van der Waals surface area contributed by atoms with E-state index in [-0.39, 0.29) is 5.15 Å². The fourth-order valence-corrected chi connectivity index (χ4v) is 1.78. The molecule has 0 spiro atoms. The number of hydrogen-bond acceptors (Lipinski definition) is 3.